The number of methoxy groups -OCH3 is 1. The van der Waals surface area contributed by atoms with Gasteiger partial charge in [0.15, 0.2) is 6.61 Å². The van der Waals surface area contributed by atoms with E-state index in [1.807, 2.05) is 72.8 Å². The zero-order valence-corrected chi connectivity index (χ0v) is 15.0. The Balaban J connectivity index is 1.47. The molecule has 0 heterocycles. The number of rotatable bonds is 7. The fraction of sp³-hybridized carbons (Fsp3) is 0.0909. The van der Waals surface area contributed by atoms with Gasteiger partial charge in [0.25, 0.3) is 5.91 Å². The Bertz CT molecular complexity index is 980. The minimum atomic E-state index is -0.329. The molecular formula is C22H20N2O3. The molecule has 3 rings (SSSR count). The highest BCUT2D eigenvalue weighted by Crippen LogP contribution is 2.20. The predicted molar refractivity (Wildman–Crippen MR) is 108 cm³/mol. The minimum absolute atomic E-state index is 0.105. The van der Waals surface area contributed by atoms with Gasteiger partial charge in [0.05, 0.1) is 7.11 Å². The average molecular weight is 360 g/mol. The third-order valence-corrected chi connectivity index (χ3v) is 3.86. The van der Waals surface area contributed by atoms with E-state index < -0.39 is 0 Å². The number of benzene rings is 3. The number of hydrazone groups is 1. The van der Waals surface area contributed by atoms with E-state index in [-0.39, 0.29) is 12.5 Å². The van der Waals surface area contributed by atoms with Crippen molar-refractivity contribution in [1.82, 2.24) is 5.43 Å². The van der Waals surface area contributed by atoms with Crippen LogP contribution in [0.4, 0.5) is 0 Å². The molecule has 0 aliphatic carbocycles. The summed E-state index contributed by atoms with van der Waals surface area (Å²) < 4.78 is 10.8. The maximum atomic E-state index is 11.8. The molecule has 0 spiro atoms. The number of nitrogens with zero attached hydrogens (tertiary/aromatic N) is 1. The van der Waals surface area contributed by atoms with Crippen molar-refractivity contribution in [1.29, 1.82) is 0 Å². The minimum Gasteiger partial charge on any atom is -0.496 e. The molecule has 3 aromatic carbocycles. The van der Waals surface area contributed by atoms with E-state index in [2.05, 4.69) is 10.5 Å². The van der Waals surface area contributed by atoms with Gasteiger partial charge in [0.2, 0.25) is 0 Å². The van der Waals surface area contributed by atoms with E-state index >= 15 is 0 Å². The van der Waals surface area contributed by atoms with Crippen molar-refractivity contribution in [3.8, 4) is 11.5 Å². The maximum Gasteiger partial charge on any atom is 0.277 e. The van der Waals surface area contributed by atoms with Crippen molar-refractivity contribution in [3.63, 3.8) is 0 Å². The van der Waals surface area contributed by atoms with Crippen LogP contribution in [-0.2, 0) is 4.79 Å². The number of carbonyl (C=O) groups is 1. The van der Waals surface area contributed by atoms with E-state index in [1.54, 1.807) is 13.2 Å². The first-order chi connectivity index (χ1) is 13.3. The molecule has 0 radical (unpaired) electrons. The highest BCUT2D eigenvalue weighted by atomic mass is 16.5. The normalized spacial score (nSPS) is 11.1. The highest BCUT2D eigenvalue weighted by molar-refractivity contribution is 5.84. The van der Waals surface area contributed by atoms with Gasteiger partial charge in [-0.3, -0.25) is 4.79 Å². The summed E-state index contributed by atoms with van der Waals surface area (Å²) >= 11 is 0. The Hall–Kier alpha value is -3.60. The smallest absolute Gasteiger partial charge is 0.277 e. The van der Waals surface area contributed by atoms with Gasteiger partial charge in [0, 0.05) is 11.8 Å². The first-order valence-corrected chi connectivity index (χ1v) is 8.49. The van der Waals surface area contributed by atoms with Crippen LogP contribution in [0, 0.1) is 0 Å². The summed E-state index contributed by atoms with van der Waals surface area (Å²) in [4.78, 5) is 11.8. The number of nitrogens with one attached hydrogen (secondary N) is 1. The van der Waals surface area contributed by atoms with Crippen molar-refractivity contribution in [2.45, 2.75) is 0 Å². The molecule has 1 N–H and O–H groups in total. The molecule has 136 valence electrons. The molecular weight excluding hydrogens is 340 g/mol. The van der Waals surface area contributed by atoms with Gasteiger partial charge in [-0.2, -0.15) is 5.10 Å². The third-order valence-electron chi connectivity index (χ3n) is 3.86. The summed E-state index contributed by atoms with van der Waals surface area (Å²) in [7, 11) is 1.62. The summed E-state index contributed by atoms with van der Waals surface area (Å²) in [6.45, 7) is -0.105. The molecule has 1 amide bonds. The fourth-order valence-corrected chi connectivity index (χ4v) is 2.54. The van der Waals surface area contributed by atoms with Crippen LogP contribution in [0.15, 0.2) is 77.9 Å². The SMILES string of the molecule is COc1ccccc1/C=C/C=N/NC(=O)COc1ccc2ccccc2c1. The van der Waals surface area contributed by atoms with E-state index in [4.69, 9.17) is 9.47 Å². The van der Waals surface area contributed by atoms with E-state index in [9.17, 15) is 4.79 Å². The highest BCUT2D eigenvalue weighted by Gasteiger charge is 2.02. The largest absolute Gasteiger partial charge is 0.496 e. The van der Waals surface area contributed by atoms with Crippen LogP contribution >= 0.6 is 0 Å². The summed E-state index contributed by atoms with van der Waals surface area (Å²) in [6, 6.07) is 21.3. The summed E-state index contributed by atoms with van der Waals surface area (Å²) in [5.74, 6) is 1.09. The van der Waals surface area contributed by atoms with Crippen LogP contribution in [0.25, 0.3) is 16.8 Å². The van der Waals surface area contributed by atoms with Gasteiger partial charge in [0.1, 0.15) is 11.5 Å². The molecule has 0 aromatic heterocycles. The molecule has 27 heavy (non-hydrogen) atoms. The Labute approximate surface area is 157 Å². The number of ether oxygens (including phenoxy) is 2. The Morgan fingerprint density at radius 2 is 1.81 bits per heavy atom. The van der Waals surface area contributed by atoms with Crippen LogP contribution in [0.1, 0.15) is 5.56 Å². The fourth-order valence-electron chi connectivity index (χ4n) is 2.54. The Morgan fingerprint density at radius 3 is 2.67 bits per heavy atom. The number of hydrogen-bond acceptors (Lipinski definition) is 4. The molecule has 0 bridgehead atoms. The summed E-state index contributed by atoms with van der Waals surface area (Å²) in [5, 5.41) is 6.06. The lowest BCUT2D eigenvalue weighted by Crippen LogP contribution is -2.24. The lowest BCUT2D eigenvalue weighted by molar-refractivity contribution is -0.123. The Morgan fingerprint density at radius 1 is 1.04 bits per heavy atom. The second-order valence-electron chi connectivity index (χ2n) is 5.71. The van der Waals surface area contributed by atoms with Gasteiger partial charge < -0.3 is 9.47 Å². The first kappa shape index (κ1) is 18.2. The average Bonchev–Trinajstić information content (AvgIpc) is 2.72. The number of para-hydroxylation sites is 1. The monoisotopic (exact) mass is 360 g/mol. The lowest BCUT2D eigenvalue weighted by atomic mass is 10.1. The number of carbonyl (C=O) groups excluding carboxylic acids is 1. The van der Waals surface area contributed by atoms with Gasteiger partial charge in [-0.05, 0) is 41.1 Å². The Kier molecular flexibility index (Phi) is 6.20. The van der Waals surface area contributed by atoms with Crippen molar-refractivity contribution in [2.75, 3.05) is 13.7 Å². The summed E-state index contributed by atoms with van der Waals surface area (Å²) in [5.41, 5.74) is 3.36. The summed E-state index contributed by atoms with van der Waals surface area (Å²) in [6.07, 6.45) is 5.07. The second kappa shape index (κ2) is 9.20. The van der Waals surface area contributed by atoms with Crippen LogP contribution in [0.2, 0.25) is 0 Å². The second-order valence-corrected chi connectivity index (χ2v) is 5.71. The molecule has 3 aromatic rings. The quantitative estimate of drug-likeness (QED) is 0.511. The molecule has 0 unspecified atom stereocenters. The van der Waals surface area contributed by atoms with Gasteiger partial charge in [-0.1, -0.05) is 48.5 Å². The zero-order chi connectivity index (χ0) is 18.9. The molecule has 5 heteroatoms. The van der Waals surface area contributed by atoms with E-state index in [1.165, 1.54) is 6.21 Å². The molecule has 0 aliphatic heterocycles. The maximum absolute atomic E-state index is 11.8. The van der Waals surface area contributed by atoms with Crippen molar-refractivity contribution in [3.05, 3.63) is 78.4 Å². The predicted octanol–water partition coefficient (Wildman–Crippen LogP) is 4.04. The van der Waals surface area contributed by atoms with Crippen LogP contribution in [-0.4, -0.2) is 25.8 Å². The molecule has 5 nitrogen and oxygen atoms in total. The molecule has 0 atom stereocenters. The van der Waals surface area contributed by atoms with Gasteiger partial charge in [-0.15, -0.1) is 0 Å². The zero-order valence-electron chi connectivity index (χ0n) is 15.0. The standard InChI is InChI=1S/C22H20N2O3/c1-26-21-11-5-4-8-18(21)10-6-14-23-24-22(25)16-27-20-13-12-17-7-2-3-9-19(17)15-20/h2-15H,16H2,1H3,(H,24,25)/b10-6+,23-14+. The van der Waals surface area contributed by atoms with Crippen molar-refractivity contribution < 1.29 is 14.3 Å². The number of hydrogen-bond donors (Lipinski definition) is 1. The topological polar surface area (TPSA) is 59.9 Å². The molecule has 0 saturated carbocycles. The van der Waals surface area contributed by atoms with E-state index in [0.717, 1.165) is 22.1 Å². The molecule has 0 fully saturated rings. The third kappa shape index (κ3) is 5.19. The molecule has 0 aliphatic rings. The lowest BCUT2D eigenvalue weighted by Gasteiger charge is -2.06. The van der Waals surface area contributed by atoms with Crippen LogP contribution in [0.3, 0.4) is 0 Å². The van der Waals surface area contributed by atoms with E-state index in [0.29, 0.717) is 5.75 Å². The van der Waals surface area contributed by atoms with Gasteiger partial charge in [-0.25, -0.2) is 5.43 Å². The van der Waals surface area contributed by atoms with Crippen LogP contribution in [0.5, 0.6) is 11.5 Å². The number of allylic oxidation sites excluding steroid dienone is 1. The van der Waals surface area contributed by atoms with Crippen molar-refractivity contribution >= 4 is 29.0 Å². The number of fused-ring (bicyclic) bond motifs is 1. The van der Waals surface area contributed by atoms with Gasteiger partial charge >= 0.3 is 0 Å². The van der Waals surface area contributed by atoms with Crippen LogP contribution < -0.4 is 14.9 Å². The molecule has 0 saturated heterocycles. The van der Waals surface area contributed by atoms with Crippen molar-refractivity contribution in [2.24, 2.45) is 5.10 Å². The number of amides is 1. The first-order valence-electron chi connectivity index (χ1n) is 8.49.